The molecule has 0 aliphatic heterocycles. The smallest absolute Gasteiger partial charge is 0.147 e. The molecular weight excluding hydrogens is 274 g/mol. The number of nitrogens with one attached hydrogen (secondary N) is 1. The second-order valence-electron chi connectivity index (χ2n) is 5.12. The molecule has 1 aromatic rings. The highest BCUT2D eigenvalue weighted by atomic mass is 32.2. The molecular formula is C14H25N3O2S. The number of aromatic nitrogens is 2. The van der Waals surface area contributed by atoms with Crippen LogP contribution in [0.4, 0.5) is 0 Å². The lowest BCUT2D eigenvalue weighted by molar-refractivity contribution is 0.499. The maximum atomic E-state index is 11.2. The van der Waals surface area contributed by atoms with Gasteiger partial charge in [0.2, 0.25) is 0 Å². The first-order chi connectivity index (χ1) is 9.37. The van der Waals surface area contributed by atoms with Crippen LogP contribution in [0.3, 0.4) is 0 Å². The molecule has 0 aromatic carbocycles. The van der Waals surface area contributed by atoms with Crippen LogP contribution in [0.25, 0.3) is 0 Å². The zero-order chi connectivity index (χ0) is 15.2. The van der Waals surface area contributed by atoms with Crippen LogP contribution in [-0.4, -0.2) is 37.2 Å². The van der Waals surface area contributed by atoms with Crippen molar-refractivity contribution >= 4 is 9.84 Å². The summed E-state index contributed by atoms with van der Waals surface area (Å²) in [6.45, 7) is 6.88. The summed E-state index contributed by atoms with van der Waals surface area (Å²) in [4.78, 5) is 0. The lowest BCUT2D eigenvalue weighted by Crippen LogP contribution is -2.23. The lowest BCUT2D eigenvalue weighted by Gasteiger charge is -2.20. The van der Waals surface area contributed by atoms with E-state index in [4.69, 9.17) is 0 Å². The van der Waals surface area contributed by atoms with Gasteiger partial charge in [0.25, 0.3) is 0 Å². The van der Waals surface area contributed by atoms with Crippen LogP contribution < -0.4 is 5.32 Å². The fourth-order valence-electron chi connectivity index (χ4n) is 2.27. The zero-order valence-electron chi connectivity index (χ0n) is 12.8. The normalized spacial score (nSPS) is 13.4. The average molecular weight is 299 g/mol. The van der Waals surface area contributed by atoms with E-state index in [0.29, 0.717) is 6.42 Å². The third kappa shape index (κ3) is 5.54. The molecule has 0 aliphatic carbocycles. The second kappa shape index (κ2) is 7.69. The predicted molar refractivity (Wildman–Crippen MR) is 81.5 cm³/mol. The third-order valence-electron chi connectivity index (χ3n) is 3.19. The molecule has 0 radical (unpaired) electrons. The Morgan fingerprint density at radius 2 is 2.00 bits per heavy atom. The molecule has 0 bridgehead atoms. The van der Waals surface area contributed by atoms with E-state index in [2.05, 4.69) is 35.4 Å². The summed E-state index contributed by atoms with van der Waals surface area (Å²) >= 11 is 0. The van der Waals surface area contributed by atoms with Gasteiger partial charge >= 0.3 is 0 Å². The number of aryl methyl sites for hydroxylation is 2. The van der Waals surface area contributed by atoms with Crippen molar-refractivity contribution in [2.75, 3.05) is 18.6 Å². The van der Waals surface area contributed by atoms with Crippen LogP contribution in [0.1, 0.15) is 49.7 Å². The summed E-state index contributed by atoms with van der Waals surface area (Å²) in [7, 11) is -2.90. The molecule has 1 aromatic heterocycles. The van der Waals surface area contributed by atoms with Gasteiger partial charge in [-0.25, -0.2) is 8.42 Å². The molecule has 20 heavy (non-hydrogen) atoms. The highest BCUT2D eigenvalue weighted by molar-refractivity contribution is 7.90. The minimum atomic E-state index is -2.90. The summed E-state index contributed by atoms with van der Waals surface area (Å²) in [5.41, 5.74) is 3.03. The third-order valence-corrected chi connectivity index (χ3v) is 4.23. The van der Waals surface area contributed by atoms with Crippen molar-refractivity contribution in [1.29, 1.82) is 0 Å². The van der Waals surface area contributed by atoms with Gasteiger partial charge in [-0.2, -0.15) is 10.2 Å². The van der Waals surface area contributed by atoms with Crippen LogP contribution in [-0.2, 0) is 16.3 Å². The van der Waals surface area contributed by atoms with Gasteiger partial charge in [-0.15, -0.1) is 0 Å². The van der Waals surface area contributed by atoms with E-state index in [9.17, 15) is 8.42 Å². The number of sulfone groups is 1. The topological polar surface area (TPSA) is 72.0 Å². The zero-order valence-corrected chi connectivity index (χ0v) is 13.6. The molecule has 0 spiro atoms. The summed E-state index contributed by atoms with van der Waals surface area (Å²) in [6.07, 6.45) is 3.56. The molecule has 1 N–H and O–H groups in total. The van der Waals surface area contributed by atoms with Crippen molar-refractivity contribution in [3.8, 4) is 0 Å². The molecule has 0 amide bonds. The van der Waals surface area contributed by atoms with E-state index in [1.807, 2.05) is 6.92 Å². The molecule has 1 heterocycles. The van der Waals surface area contributed by atoms with Crippen LogP contribution in [0.2, 0.25) is 0 Å². The number of hydrogen-bond acceptors (Lipinski definition) is 5. The minimum absolute atomic E-state index is 0.144. The van der Waals surface area contributed by atoms with Crippen LogP contribution >= 0.6 is 0 Å². The summed E-state index contributed by atoms with van der Waals surface area (Å²) in [5, 5.41) is 11.8. The van der Waals surface area contributed by atoms with Crippen molar-refractivity contribution < 1.29 is 8.42 Å². The van der Waals surface area contributed by atoms with Crippen molar-refractivity contribution in [1.82, 2.24) is 15.5 Å². The molecule has 0 saturated carbocycles. The van der Waals surface area contributed by atoms with Crippen molar-refractivity contribution in [2.24, 2.45) is 0 Å². The largest absolute Gasteiger partial charge is 0.310 e. The Hall–Kier alpha value is -1.01. The molecule has 0 fully saturated rings. The predicted octanol–water partition coefficient (Wildman–Crippen LogP) is 1.82. The van der Waals surface area contributed by atoms with E-state index in [1.165, 1.54) is 6.26 Å². The summed E-state index contributed by atoms with van der Waals surface area (Å²) in [5.74, 6) is 0.230. The first-order valence-electron chi connectivity index (χ1n) is 7.11. The molecule has 0 aliphatic rings. The fourth-order valence-corrected chi connectivity index (χ4v) is 2.97. The van der Waals surface area contributed by atoms with Gasteiger partial charge in [0.15, 0.2) is 0 Å². The number of hydrogen-bond donors (Lipinski definition) is 1. The number of rotatable bonds is 8. The fraction of sp³-hybridized carbons (Fsp3) is 0.714. The Morgan fingerprint density at radius 1 is 1.30 bits per heavy atom. The second-order valence-corrected chi connectivity index (χ2v) is 7.38. The minimum Gasteiger partial charge on any atom is -0.310 e. The summed E-state index contributed by atoms with van der Waals surface area (Å²) < 4.78 is 22.5. The molecule has 1 rings (SSSR count). The highest BCUT2D eigenvalue weighted by Gasteiger charge is 2.16. The standard InChI is InChI=1S/C14H25N3O2S/c1-5-13-12(10-11(3)16-17-13)14(15-6-2)8-7-9-20(4,18)19/h10,14-15H,5-9H2,1-4H3. The van der Waals surface area contributed by atoms with E-state index in [0.717, 1.165) is 36.3 Å². The van der Waals surface area contributed by atoms with E-state index < -0.39 is 9.84 Å². The molecule has 5 nitrogen and oxygen atoms in total. The van der Waals surface area contributed by atoms with Gasteiger partial charge in [-0.3, -0.25) is 0 Å². The van der Waals surface area contributed by atoms with Gasteiger partial charge in [-0.1, -0.05) is 13.8 Å². The van der Waals surface area contributed by atoms with E-state index in [1.54, 1.807) is 0 Å². The van der Waals surface area contributed by atoms with E-state index in [-0.39, 0.29) is 11.8 Å². The SMILES string of the molecule is CCNC(CCCS(C)(=O)=O)c1cc(C)nnc1CC. The average Bonchev–Trinajstić information content (AvgIpc) is 2.36. The van der Waals surface area contributed by atoms with Crippen LogP contribution in [0.15, 0.2) is 6.07 Å². The van der Waals surface area contributed by atoms with Crippen LogP contribution in [0.5, 0.6) is 0 Å². The highest BCUT2D eigenvalue weighted by Crippen LogP contribution is 2.22. The number of nitrogens with zero attached hydrogens (tertiary/aromatic N) is 2. The van der Waals surface area contributed by atoms with Gasteiger partial charge in [-0.05, 0) is 44.4 Å². The van der Waals surface area contributed by atoms with Crippen molar-refractivity contribution in [3.63, 3.8) is 0 Å². The first-order valence-corrected chi connectivity index (χ1v) is 9.17. The van der Waals surface area contributed by atoms with Gasteiger partial charge in [0, 0.05) is 18.1 Å². The maximum absolute atomic E-state index is 11.2. The monoisotopic (exact) mass is 299 g/mol. The molecule has 1 unspecified atom stereocenters. The molecule has 6 heteroatoms. The molecule has 0 saturated heterocycles. The van der Waals surface area contributed by atoms with Crippen LogP contribution in [0, 0.1) is 6.92 Å². The Kier molecular flexibility index (Phi) is 6.55. The Balaban J connectivity index is 2.87. The van der Waals surface area contributed by atoms with Gasteiger partial charge < -0.3 is 5.32 Å². The Labute approximate surface area is 122 Å². The lowest BCUT2D eigenvalue weighted by atomic mass is 9.99. The Bertz CT molecular complexity index is 529. The van der Waals surface area contributed by atoms with Gasteiger partial charge in [0.05, 0.1) is 11.4 Å². The first kappa shape index (κ1) is 17.0. The van der Waals surface area contributed by atoms with Crippen molar-refractivity contribution in [3.05, 3.63) is 23.0 Å². The van der Waals surface area contributed by atoms with Crippen molar-refractivity contribution in [2.45, 2.75) is 46.1 Å². The van der Waals surface area contributed by atoms with E-state index >= 15 is 0 Å². The molecule has 114 valence electrons. The molecule has 1 atom stereocenters. The Morgan fingerprint density at radius 3 is 2.55 bits per heavy atom. The maximum Gasteiger partial charge on any atom is 0.147 e. The quantitative estimate of drug-likeness (QED) is 0.793. The summed E-state index contributed by atoms with van der Waals surface area (Å²) in [6, 6.07) is 2.20. The van der Waals surface area contributed by atoms with Gasteiger partial charge in [0.1, 0.15) is 9.84 Å².